The molecule has 0 unspecified atom stereocenters. The minimum atomic E-state index is -0.649. The van der Waals surface area contributed by atoms with Gasteiger partial charge in [0.2, 0.25) is 5.58 Å². The van der Waals surface area contributed by atoms with Crippen LogP contribution in [-0.4, -0.2) is 58.5 Å². The number of nitrogens with zero attached hydrogens (tertiary/aromatic N) is 3. The SMILES string of the molecule is O=c1c2oc3ccccc3c2ncn1C[C@H](O)CN1CCOCC1. The normalized spacial score (nSPS) is 17.5. The zero-order valence-corrected chi connectivity index (χ0v) is 13.2. The summed E-state index contributed by atoms with van der Waals surface area (Å²) in [7, 11) is 0. The van der Waals surface area contributed by atoms with Gasteiger partial charge in [0.1, 0.15) is 11.1 Å². The third-order valence-corrected chi connectivity index (χ3v) is 4.33. The number of aliphatic hydroxyl groups is 1. The van der Waals surface area contributed by atoms with Gasteiger partial charge in [-0.1, -0.05) is 12.1 Å². The van der Waals surface area contributed by atoms with Crippen molar-refractivity contribution in [1.29, 1.82) is 0 Å². The number of ether oxygens (including phenoxy) is 1. The summed E-state index contributed by atoms with van der Waals surface area (Å²) < 4.78 is 12.4. The van der Waals surface area contributed by atoms with Gasteiger partial charge in [0.25, 0.3) is 5.56 Å². The number of furan rings is 1. The van der Waals surface area contributed by atoms with E-state index in [0.29, 0.717) is 30.9 Å². The first-order valence-corrected chi connectivity index (χ1v) is 8.07. The quantitative estimate of drug-likeness (QED) is 0.764. The average molecular weight is 329 g/mol. The van der Waals surface area contributed by atoms with E-state index in [0.717, 1.165) is 18.5 Å². The third kappa shape index (κ3) is 2.82. The monoisotopic (exact) mass is 329 g/mol. The summed E-state index contributed by atoms with van der Waals surface area (Å²) in [5.41, 5.74) is 1.17. The zero-order valence-electron chi connectivity index (χ0n) is 13.2. The summed E-state index contributed by atoms with van der Waals surface area (Å²) in [5, 5.41) is 11.1. The second kappa shape index (κ2) is 6.35. The molecule has 3 heterocycles. The molecule has 0 bridgehead atoms. The second-order valence-corrected chi connectivity index (χ2v) is 6.04. The fraction of sp³-hybridized carbons (Fsp3) is 0.412. The van der Waals surface area contributed by atoms with Gasteiger partial charge in [-0.25, -0.2) is 4.98 Å². The number of para-hydroxylation sites is 1. The molecule has 0 radical (unpaired) electrons. The van der Waals surface area contributed by atoms with Crippen molar-refractivity contribution >= 4 is 22.1 Å². The molecule has 1 aliphatic rings. The molecule has 7 heteroatoms. The van der Waals surface area contributed by atoms with Crippen LogP contribution in [0.5, 0.6) is 0 Å². The molecule has 7 nitrogen and oxygen atoms in total. The van der Waals surface area contributed by atoms with E-state index in [2.05, 4.69) is 9.88 Å². The molecule has 0 saturated carbocycles. The number of fused-ring (bicyclic) bond motifs is 3. The second-order valence-electron chi connectivity index (χ2n) is 6.04. The van der Waals surface area contributed by atoms with Crippen LogP contribution in [0.25, 0.3) is 22.1 Å². The van der Waals surface area contributed by atoms with Gasteiger partial charge in [0.05, 0.1) is 32.2 Å². The Hall–Kier alpha value is -2.22. The van der Waals surface area contributed by atoms with Gasteiger partial charge >= 0.3 is 0 Å². The molecule has 1 aliphatic heterocycles. The highest BCUT2D eigenvalue weighted by molar-refractivity contribution is 6.01. The molecule has 3 aromatic rings. The number of hydrogen-bond acceptors (Lipinski definition) is 6. The number of morpholine rings is 1. The van der Waals surface area contributed by atoms with Gasteiger partial charge in [-0.2, -0.15) is 0 Å². The van der Waals surface area contributed by atoms with Crippen LogP contribution in [0, 0.1) is 0 Å². The van der Waals surface area contributed by atoms with Gasteiger partial charge in [-0.05, 0) is 12.1 Å². The van der Waals surface area contributed by atoms with Crippen LogP contribution < -0.4 is 5.56 Å². The maximum Gasteiger partial charge on any atom is 0.297 e. The average Bonchev–Trinajstić information content (AvgIpc) is 2.98. The Labute approximate surface area is 138 Å². The van der Waals surface area contributed by atoms with Gasteiger partial charge in [0, 0.05) is 25.0 Å². The zero-order chi connectivity index (χ0) is 16.5. The lowest BCUT2D eigenvalue weighted by Gasteiger charge is -2.28. The highest BCUT2D eigenvalue weighted by Crippen LogP contribution is 2.24. The lowest BCUT2D eigenvalue weighted by Crippen LogP contribution is -2.42. The van der Waals surface area contributed by atoms with Gasteiger partial charge in [0.15, 0.2) is 0 Å². The van der Waals surface area contributed by atoms with E-state index in [1.165, 1.54) is 10.9 Å². The third-order valence-electron chi connectivity index (χ3n) is 4.33. The van der Waals surface area contributed by atoms with Crippen LogP contribution in [0.2, 0.25) is 0 Å². The molecule has 2 aromatic heterocycles. The van der Waals surface area contributed by atoms with Crippen molar-refractivity contribution in [1.82, 2.24) is 14.5 Å². The van der Waals surface area contributed by atoms with Gasteiger partial charge in [-0.3, -0.25) is 14.3 Å². The number of benzene rings is 1. The van der Waals surface area contributed by atoms with Crippen LogP contribution in [0.15, 0.2) is 39.8 Å². The van der Waals surface area contributed by atoms with E-state index in [-0.39, 0.29) is 17.7 Å². The maximum absolute atomic E-state index is 12.6. The van der Waals surface area contributed by atoms with Crippen LogP contribution in [0.3, 0.4) is 0 Å². The first-order valence-electron chi connectivity index (χ1n) is 8.07. The molecule has 1 aromatic carbocycles. The van der Waals surface area contributed by atoms with Crippen molar-refractivity contribution in [2.45, 2.75) is 12.6 Å². The Morgan fingerprint density at radius 3 is 2.83 bits per heavy atom. The van der Waals surface area contributed by atoms with E-state index < -0.39 is 6.10 Å². The van der Waals surface area contributed by atoms with Crippen LogP contribution in [-0.2, 0) is 11.3 Å². The number of aliphatic hydroxyl groups excluding tert-OH is 1. The lowest BCUT2D eigenvalue weighted by atomic mass is 10.2. The summed E-state index contributed by atoms with van der Waals surface area (Å²) in [6, 6.07) is 7.44. The summed E-state index contributed by atoms with van der Waals surface area (Å²) >= 11 is 0. The topological polar surface area (TPSA) is 80.7 Å². The summed E-state index contributed by atoms with van der Waals surface area (Å²) in [6.45, 7) is 3.65. The largest absolute Gasteiger partial charge is 0.448 e. The molecule has 4 rings (SSSR count). The molecule has 1 fully saturated rings. The Morgan fingerprint density at radius 1 is 1.21 bits per heavy atom. The molecule has 1 saturated heterocycles. The van der Waals surface area contributed by atoms with Crippen molar-refractivity contribution in [3.05, 3.63) is 40.9 Å². The van der Waals surface area contributed by atoms with Gasteiger partial charge in [-0.15, -0.1) is 0 Å². The molecule has 24 heavy (non-hydrogen) atoms. The van der Waals surface area contributed by atoms with E-state index in [1.54, 1.807) is 0 Å². The lowest BCUT2D eigenvalue weighted by molar-refractivity contribution is 0.0113. The molecule has 1 N–H and O–H groups in total. The molecule has 0 spiro atoms. The maximum atomic E-state index is 12.6. The summed E-state index contributed by atoms with van der Waals surface area (Å²) in [6.07, 6.45) is 0.833. The fourth-order valence-electron chi connectivity index (χ4n) is 3.11. The van der Waals surface area contributed by atoms with Crippen LogP contribution in [0.4, 0.5) is 0 Å². The Kier molecular flexibility index (Phi) is 4.05. The van der Waals surface area contributed by atoms with Crippen LogP contribution >= 0.6 is 0 Å². The minimum Gasteiger partial charge on any atom is -0.448 e. The van der Waals surface area contributed by atoms with Gasteiger partial charge < -0.3 is 14.3 Å². The van der Waals surface area contributed by atoms with Crippen molar-refractivity contribution < 1.29 is 14.3 Å². The van der Waals surface area contributed by atoms with Crippen molar-refractivity contribution in [2.75, 3.05) is 32.8 Å². The predicted molar refractivity (Wildman–Crippen MR) is 89.0 cm³/mol. The van der Waals surface area contributed by atoms with E-state index in [9.17, 15) is 9.90 Å². The number of hydrogen-bond donors (Lipinski definition) is 1. The van der Waals surface area contributed by atoms with E-state index in [4.69, 9.17) is 9.15 Å². The van der Waals surface area contributed by atoms with E-state index >= 15 is 0 Å². The fourth-order valence-corrected chi connectivity index (χ4v) is 3.11. The molecular weight excluding hydrogens is 310 g/mol. The Bertz CT molecular complexity index is 911. The minimum absolute atomic E-state index is 0.191. The van der Waals surface area contributed by atoms with Crippen molar-refractivity contribution in [2.24, 2.45) is 0 Å². The molecule has 0 aliphatic carbocycles. The molecule has 1 atom stereocenters. The highest BCUT2D eigenvalue weighted by atomic mass is 16.5. The first kappa shape index (κ1) is 15.3. The molecule has 126 valence electrons. The highest BCUT2D eigenvalue weighted by Gasteiger charge is 2.18. The Balaban J connectivity index is 1.59. The number of aromatic nitrogens is 2. The molecular formula is C17H19N3O4. The Morgan fingerprint density at radius 2 is 2.00 bits per heavy atom. The summed E-state index contributed by atoms with van der Waals surface area (Å²) in [5.74, 6) is 0. The first-order chi connectivity index (χ1) is 11.7. The number of rotatable bonds is 4. The van der Waals surface area contributed by atoms with E-state index in [1.807, 2.05) is 24.3 Å². The molecule has 0 amide bonds. The smallest absolute Gasteiger partial charge is 0.297 e. The van der Waals surface area contributed by atoms with Crippen molar-refractivity contribution in [3.63, 3.8) is 0 Å². The van der Waals surface area contributed by atoms with Crippen LogP contribution in [0.1, 0.15) is 0 Å². The standard InChI is InChI=1S/C17H19N3O4/c21-12(9-19-5-7-23-8-6-19)10-20-11-18-15-13-3-1-2-4-14(13)24-16(15)17(20)22/h1-4,11-12,21H,5-10H2/t12-/m1/s1. The predicted octanol–water partition coefficient (Wildman–Crippen LogP) is 0.836. The van der Waals surface area contributed by atoms with Crippen molar-refractivity contribution in [3.8, 4) is 0 Å². The number of β-amino-alcohol motifs (C(OH)–C–C–N with tert-alkyl or cyclic N) is 1. The summed E-state index contributed by atoms with van der Waals surface area (Å²) in [4.78, 5) is 19.1.